The second-order valence-corrected chi connectivity index (χ2v) is 4.47. The van der Waals surface area contributed by atoms with Crippen LogP contribution >= 0.6 is 0 Å². The number of hydrogen-bond acceptors (Lipinski definition) is 2. The highest BCUT2D eigenvalue weighted by Gasteiger charge is 2.32. The number of rotatable bonds is 2. The molecule has 86 valence electrons. The van der Waals surface area contributed by atoms with E-state index in [1.54, 1.807) is 13.1 Å². The molecule has 0 N–H and O–H groups in total. The van der Waals surface area contributed by atoms with Gasteiger partial charge < -0.3 is 4.90 Å². The molecule has 3 heteroatoms. The lowest BCUT2D eigenvalue weighted by Crippen LogP contribution is -2.30. The quantitative estimate of drug-likeness (QED) is 0.788. The molecule has 1 aromatic carbocycles. The van der Waals surface area contributed by atoms with Crippen LogP contribution in [0.1, 0.15) is 19.8 Å². The number of carbonyl (C=O) groups excluding carboxylic acids is 1. The summed E-state index contributed by atoms with van der Waals surface area (Å²) >= 11 is 0. The molecule has 1 aliphatic carbocycles. The third-order valence-corrected chi connectivity index (χ3v) is 3.14. The van der Waals surface area contributed by atoms with Gasteiger partial charge in [0.05, 0.1) is 11.2 Å². The Morgan fingerprint density at radius 1 is 1.29 bits per heavy atom. The van der Waals surface area contributed by atoms with Crippen LogP contribution in [-0.4, -0.2) is 16.9 Å². The van der Waals surface area contributed by atoms with Crippen LogP contribution in [0.25, 0.3) is 10.9 Å². The van der Waals surface area contributed by atoms with Crippen molar-refractivity contribution >= 4 is 22.5 Å². The summed E-state index contributed by atoms with van der Waals surface area (Å²) in [7, 11) is 0. The molecule has 3 rings (SSSR count). The number of para-hydroxylation sites is 1. The molecule has 2 aromatic rings. The number of pyridine rings is 1. The monoisotopic (exact) mass is 226 g/mol. The van der Waals surface area contributed by atoms with Crippen molar-refractivity contribution in [2.75, 3.05) is 4.90 Å². The second kappa shape index (κ2) is 3.84. The van der Waals surface area contributed by atoms with Gasteiger partial charge in [0, 0.05) is 24.5 Å². The molecule has 0 radical (unpaired) electrons. The lowest BCUT2D eigenvalue weighted by Gasteiger charge is -2.22. The van der Waals surface area contributed by atoms with Crippen LogP contribution in [-0.2, 0) is 4.79 Å². The van der Waals surface area contributed by atoms with E-state index in [0.29, 0.717) is 6.04 Å². The van der Waals surface area contributed by atoms with Crippen LogP contribution < -0.4 is 4.90 Å². The molecular weight excluding hydrogens is 212 g/mol. The molecule has 0 atom stereocenters. The van der Waals surface area contributed by atoms with Crippen LogP contribution in [0, 0.1) is 0 Å². The van der Waals surface area contributed by atoms with Crippen molar-refractivity contribution in [2.24, 2.45) is 0 Å². The van der Waals surface area contributed by atoms with Crippen molar-refractivity contribution in [2.45, 2.75) is 25.8 Å². The number of carbonyl (C=O) groups is 1. The van der Waals surface area contributed by atoms with E-state index in [4.69, 9.17) is 0 Å². The summed E-state index contributed by atoms with van der Waals surface area (Å²) in [5.41, 5.74) is 1.93. The zero-order chi connectivity index (χ0) is 11.8. The Hall–Kier alpha value is -1.90. The Morgan fingerprint density at radius 2 is 2.06 bits per heavy atom. The molecule has 3 nitrogen and oxygen atoms in total. The first-order chi connectivity index (χ1) is 8.27. The molecule has 0 bridgehead atoms. The molecule has 1 aromatic heterocycles. The van der Waals surface area contributed by atoms with Crippen LogP contribution in [0.2, 0.25) is 0 Å². The third kappa shape index (κ3) is 1.78. The molecule has 1 heterocycles. The summed E-state index contributed by atoms with van der Waals surface area (Å²) in [6.07, 6.45) is 3.99. The van der Waals surface area contributed by atoms with Crippen molar-refractivity contribution in [3.8, 4) is 0 Å². The van der Waals surface area contributed by atoms with Gasteiger partial charge in [-0.1, -0.05) is 18.2 Å². The fourth-order valence-electron chi connectivity index (χ4n) is 2.25. The van der Waals surface area contributed by atoms with Crippen LogP contribution in [0.15, 0.2) is 36.5 Å². The molecule has 1 saturated carbocycles. The molecule has 1 amide bonds. The maximum Gasteiger partial charge on any atom is 0.224 e. The van der Waals surface area contributed by atoms with Gasteiger partial charge in [-0.2, -0.15) is 0 Å². The molecule has 1 aliphatic rings. The van der Waals surface area contributed by atoms with Crippen LogP contribution in [0.5, 0.6) is 0 Å². The third-order valence-electron chi connectivity index (χ3n) is 3.14. The maximum atomic E-state index is 11.8. The van der Waals surface area contributed by atoms with Gasteiger partial charge in [-0.25, -0.2) is 0 Å². The Bertz CT molecular complexity index is 570. The van der Waals surface area contributed by atoms with Crippen molar-refractivity contribution in [1.29, 1.82) is 0 Å². The van der Waals surface area contributed by atoms with E-state index < -0.39 is 0 Å². The summed E-state index contributed by atoms with van der Waals surface area (Å²) in [4.78, 5) is 18.0. The first-order valence-corrected chi connectivity index (χ1v) is 5.91. The number of hydrogen-bond donors (Lipinski definition) is 0. The minimum absolute atomic E-state index is 0.115. The second-order valence-electron chi connectivity index (χ2n) is 4.47. The number of benzene rings is 1. The Kier molecular flexibility index (Phi) is 2.32. The highest BCUT2D eigenvalue weighted by Crippen LogP contribution is 2.35. The topological polar surface area (TPSA) is 33.2 Å². The predicted octanol–water partition coefficient (Wildman–Crippen LogP) is 2.75. The van der Waals surface area contributed by atoms with Gasteiger partial charge in [0.25, 0.3) is 0 Å². The average molecular weight is 226 g/mol. The van der Waals surface area contributed by atoms with E-state index in [-0.39, 0.29) is 5.91 Å². The van der Waals surface area contributed by atoms with Crippen LogP contribution in [0.3, 0.4) is 0 Å². The fourth-order valence-corrected chi connectivity index (χ4v) is 2.25. The van der Waals surface area contributed by atoms with Gasteiger partial charge in [-0.3, -0.25) is 9.78 Å². The van der Waals surface area contributed by atoms with Crippen molar-refractivity contribution in [1.82, 2.24) is 4.98 Å². The molecule has 0 saturated heterocycles. The zero-order valence-electron chi connectivity index (χ0n) is 9.76. The molecule has 0 spiro atoms. The maximum absolute atomic E-state index is 11.8. The van der Waals surface area contributed by atoms with Gasteiger partial charge >= 0.3 is 0 Å². The molecule has 1 fully saturated rings. The zero-order valence-corrected chi connectivity index (χ0v) is 9.76. The van der Waals surface area contributed by atoms with E-state index in [0.717, 1.165) is 29.4 Å². The standard InChI is InChI=1S/C14H14N2O/c1-10(17)16(11-6-7-11)14-8-9-15-13-5-3-2-4-12(13)14/h2-5,8-9,11H,6-7H2,1H3. The largest absolute Gasteiger partial charge is 0.309 e. The van der Waals surface area contributed by atoms with Crippen molar-refractivity contribution in [3.05, 3.63) is 36.5 Å². The van der Waals surface area contributed by atoms with E-state index in [1.165, 1.54) is 0 Å². The SMILES string of the molecule is CC(=O)N(c1ccnc2ccccc12)C1CC1. The lowest BCUT2D eigenvalue weighted by atomic mass is 10.1. The van der Waals surface area contributed by atoms with Gasteiger partial charge in [-0.15, -0.1) is 0 Å². The van der Waals surface area contributed by atoms with Crippen LogP contribution in [0.4, 0.5) is 5.69 Å². The highest BCUT2D eigenvalue weighted by molar-refractivity contribution is 6.02. The molecule has 17 heavy (non-hydrogen) atoms. The number of amides is 1. The minimum Gasteiger partial charge on any atom is -0.309 e. The van der Waals surface area contributed by atoms with Crippen molar-refractivity contribution < 1.29 is 4.79 Å². The molecule has 0 aliphatic heterocycles. The number of nitrogens with zero attached hydrogens (tertiary/aromatic N) is 2. The van der Waals surface area contributed by atoms with Gasteiger partial charge in [0.2, 0.25) is 5.91 Å². The summed E-state index contributed by atoms with van der Waals surface area (Å²) in [6, 6.07) is 10.3. The first kappa shape index (κ1) is 10.3. The molecular formula is C14H14N2O. The molecule has 0 unspecified atom stereocenters. The predicted molar refractivity (Wildman–Crippen MR) is 67.9 cm³/mol. The van der Waals surface area contributed by atoms with E-state index in [1.807, 2.05) is 35.2 Å². The number of anilines is 1. The summed E-state index contributed by atoms with van der Waals surface area (Å²) in [5.74, 6) is 0.115. The normalized spacial score (nSPS) is 14.9. The van der Waals surface area contributed by atoms with Gasteiger partial charge in [0.1, 0.15) is 0 Å². The van der Waals surface area contributed by atoms with Crippen molar-refractivity contribution in [3.63, 3.8) is 0 Å². The number of fused-ring (bicyclic) bond motifs is 1. The van der Waals surface area contributed by atoms with E-state index in [2.05, 4.69) is 4.98 Å². The lowest BCUT2D eigenvalue weighted by molar-refractivity contribution is -0.116. The van der Waals surface area contributed by atoms with Gasteiger partial charge in [-0.05, 0) is 25.0 Å². The van der Waals surface area contributed by atoms with E-state index in [9.17, 15) is 4.79 Å². The smallest absolute Gasteiger partial charge is 0.224 e. The van der Waals surface area contributed by atoms with E-state index >= 15 is 0 Å². The Balaban J connectivity index is 2.18. The summed E-state index contributed by atoms with van der Waals surface area (Å²) in [5, 5.41) is 1.05. The summed E-state index contributed by atoms with van der Waals surface area (Å²) < 4.78 is 0. The summed E-state index contributed by atoms with van der Waals surface area (Å²) in [6.45, 7) is 1.63. The fraction of sp³-hybridized carbons (Fsp3) is 0.286. The average Bonchev–Trinajstić information content (AvgIpc) is 3.14. The minimum atomic E-state index is 0.115. The number of aromatic nitrogens is 1. The highest BCUT2D eigenvalue weighted by atomic mass is 16.2. The van der Waals surface area contributed by atoms with Gasteiger partial charge in [0.15, 0.2) is 0 Å². The first-order valence-electron chi connectivity index (χ1n) is 5.91. The Labute approximate surface area is 100 Å². The Morgan fingerprint density at radius 3 is 2.76 bits per heavy atom.